The summed E-state index contributed by atoms with van der Waals surface area (Å²) in [6.07, 6.45) is 1.51. The molecule has 1 aliphatic rings. The molecule has 3 aromatic carbocycles. The maximum atomic E-state index is 13.1. The molecule has 170 valence electrons. The van der Waals surface area contributed by atoms with Crippen molar-refractivity contribution in [3.63, 3.8) is 0 Å². The number of amides is 2. The molecule has 2 amide bonds. The normalized spacial score (nSPS) is 15.6. The maximum absolute atomic E-state index is 13.1. The van der Waals surface area contributed by atoms with Crippen LogP contribution in [0.3, 0.4) is 0 Å². The number of hydrogen-bond donors (Lipinski definition) is 2. The van der Waals surface area contributed by atoms with Crippen molar-refractivity contribution in [2.24, 2.45) is 0 Å². The number of anilines is 1. The maximum Gasteiger partial charge on any atom is 0.251 e. The Kier molecular flexibility index (Phi) is 7.15. The summed E-state index contributed by atoms with van der Waals surface area (Å²) in [5, 5.41) is 6.11. The number of rotatable bonds is 6. The van der Waals surface area contributed by atoms with Crippen molar-refractivity contribution in [3.8, 4) is 11.1 Å². The lowest BCUT2D eigenvalue weighted by molar-refractivity contribution is -0.121. The monoisotopic (exact) mass is 445 g/mol. The van der Waals surface area contributed by atoms with Crippen LogP contribution in [-0.4, -0.2) is 41.9 Å². The van der Waals surface area contributed by atoms with Gasteiger partial charge in [-0.1, -0.05) is 48.5 Å². The molecular formula is C27H28FN3O2. The van der Waals surface area contributed by atoms with Gasteiger partial charge in [-0.05, 0) is 55.7 Å². The van der Waals surface area contributed by atoms with Gasteiger partial charge in [0.1, 0.15) is 5.82 Å². The molecule has 1 aliphatic heterocycles. The van der Waals surface area contributed by atoms with Gasteiger partial charge in [0.05, 0.1) is 6.04 Å². The molecule has 6 heteroatoms. The number of carbonyl (C=O) groups excluding carboxylic acids is 2. The summed E-state index contributed by atoms with van der Waals surface area (Å²) in [5.41, 5.74) is 3.28. The lowest BCUT2D eigenvalue weighted by Gasteiger charge is -2.35. The van der Waals surface area contributed by atoms with Gasteiger partial charge in [-0.3, -0.25) is 14.5 Å². The third-order valence-electron chi connectivity index (χ3n) is 6.17. The summed E-state index contributed by atoms with van der Waals surface area (Å²) >= 11 is 0. The van der Waals surface area contributed by atoms with Crippen molar-refractivity contribution in [3.05, 3.63) is 90.2 Å². The first-order valence-corrected chi connectivity index (χ1v) is 11.3. The third kappa shape index (κ3) is 5.65. The van der Waals surface area contributed by atoms with Gasteiger partial charge in [-0.2, -0.15) is 0 Å². The number of benzene rings is 3. The van der Waals surface area contributed by atoms with Crippen LogP contribution in [0, 0.1) is 5.82 Å². The van der Waals surface area contributed by atoms with E-state index in [4.69, 9.17) is 0 Å². The van der Waals surface area contributed by atoms with Crippen molar-refractivity contribution in [1.29, 1.82) is 0 Å². The molecule has 0 saturated carbocycles. The van der Waals surface area contributed by atoms with Crippen molar-refractivity contribution in [1.82, 2.24) is 10.2 Å². The van der Waals surface area contributed by atoms with Gasteiger partial charge in [0, 0.05) is 35.9 Å². The minimum absolute atomic E-state index is 0.0351. The highest BCUT2D eigenvalue weighted by Gasteiger charge is 2.28. The molecule has 1 atom stereocenters. The van der Waals surface area contributed by atoms with Crippen LogP contribution in [0.15, 0.2) is 78.9 Å². The Balaban J connectivity index is 1.32. The Labute approximate surface area is 193 Å². The average Bonchev–Trinajstić information content (AvgIpc) is 2.85. The summed E-state index contributed by atoms with van der Waals surface area (Å²) in [4.78, 5) is 27.5. The van der Waals surface area contributed by atoms with Crippen LogP contribution in [-0.2, 0) is 4.79 Å². The zero-order valence-electron chi connectivity index (χ0n) is 18.6. The minimum Gasteiger partial charge on any atom is -0.349 e. The first-order valence-electron chi connectivity index (χ1n) is 11.3. The predicted molar refractivity (Wildman–Crippen MR) is 128 cm³/mol. The van der Waals surface area contributed by atoms with Crippen LogP contribution >= 0.6 is 0 Å². The first kappa shape index (κ1) is 22.7. The number of carbonyl (C=O) groups is 2. The molecule has 33 heavy (non-hydrogen) atoms. The number of likely N-dealkylation sites (tertiary alicyclic amines) is 1. The summed E-state index contributed by atoms with van der Waals surface area (Å²) < 4.78 is 13.1. The van der Waals surface area contributed by atoms with Crippen LogP contribution in [0.2, 0.25) is 0 Å². The second-order valence-electron chi connectivity index (χ2n) is 8.37. The second kappa shape index (κ2) is 10.4. The molecule has 1 fully saturated rings. The molecule has 0 radical (unpaired) electrons. The zero-order valence-corrected chi connectivity index (χ0v) is 18.6. The van der Waals surface area contributed by atoms with Crippen molar-refractivity contribution < 1.29 is 14.0 Å². The summed E-state index contributed by atoms with van der Waals surface area (Å²) in [6, 6.07) is 23.1. The summed E-state index contributed by atoms with van der Waals surface area (Å²) in [6.45, 7) is 3.34. The van der Waals surface area contributed by atoms with Crippen LogP contribution < -0.4 is 10.6 Å². The summed E-state index contributed by atoms with van der Waals surface area (Å²) in [5.74, 6) is -0.609. The van der Waals surface area contributed by atoms with Gasteiger partial charge < -0.3 is 10.6 Å². The summed E-state index contributed by atoms with van der Waals surface area (Å²) in [7, 11) is 0. The van der Waals surface area contributed by atoms with Gasteiger partial charge in [0.25, 0.3) is 5.91 Å². The fourth-order valence-electron chi connectivity index (χ4n) is 4.17. The van der Waals surface area contributed by atoms with E-state index in [9.17, 15) is 14.0 Å². The molecule has 0 aromatic heterocycles. The molecular weight excluding hydrogens is 417 g/mol. The molecule has 1 heterocycles. The molecule has 1 unspecified atom stereocenters. The minimum atomic E-state index is -0.362. The Morgan fingerprint density at radius 3 is 2.24 bits per heavy atom. The number of para-hydroxylation sites is 1. The first-order chi connectivity index (χ1) is 16.0. The van der Waals surface area contributed by atoms with Crippen molar-refractivity contribution in [2.45, 2.75) is 31.8 Å². The number of piperidine rings is 1. The van der Waals surface area contributed by atoms with E-state index in [2.05, 4.69) is 15.5 Å². The molecule has 4 rings (SSSR count). The van der Waals surface area contributed by atoms with Crippen molar-refractivity contribution in [2.75, 3.05) is 18.4 Å². The number of nitrogens with one attached hydrogen (secondary N) is 2. The van der Waals surface area contributed by atoms with Crippen LogP contribution in [0.25, 0.3) is 11.1 Å². The highest BCUT2D eigenvalue weighted by Crippen LogP contribution is 2.28. The smallest absolute Gasteiger partial charge is 0.251 e. The Morgan fingerprint density at radius 2 is 1.55 bits per heavy atom. The fraction of sp³-hybridized carbons (Fsp3) is 0.259. The molecule has 0 spiro atoms. The Bertz CT molecular complexity index is 1090. The van der Waals surface area contributed by atoms with E-state index in [-0.39, 0.29) is 29.7 Å². The fourth-order valence-corrected chi connectivity index (χ4v) is 4.17. The molecule has 2 N–H and O–H groups in total. The van der Waals surface area contributed by atoms with Crippen molar-refractivity contribution >= 4 is 17.5 Å². The van der Waals surface area contributed by atoms with E-state index in [0.29, 0.717) is 18.7 Å². The molecule has 5 nitrogen and oxygen atoms in total. The standard InChI is InChI=1S/C27H28FN3O2/c1-19(26(32)30-25-10-6-5-9-24(25)20-7-3-2-4-8-20)31-17-15-23(16-18-31)29-27(33)21-11-13-22(28)14-12-21/h2-14,19,23H,15-18H2,1H3,(H,29,33)(H,30,32). The highest BCUT2D eigenvalue weighted by atomic mass is 19.1. The zero-order chi connectivity index (χ0) is 23.2. The largest absolute Gasteiger partial charge is 0.349 e. The lowest BCUT2D eigenvalue weighted by Crippen LogP contribution is -2.50. The topological polar surface area (TPSA) is 61.4 Å². The van der Waals surface area contributed by atoms with E-state index in [1.807, 2.05) is 61.5 Å². The molecule has 1 saturated heterocycles. The molecule has 0 aliphatic carbocycles. The predicted octanol–water partition coefficient (Wildman–Crippen LogP) is 4.71. The quantitative estimate of drug-likeness (QED) is 0.578. The van der Waals surface area contributed by atoms with Crippen LogP contribution in [0.5, 0.6) is 0 Å². The molecule has 3 aromatic rings. The van der Waals surface area contributed by atoms with E-state index in [0.717, 1.165) is 29.7 Å². The third-order valence-corrected chi connectivity index (χ3v) is 6.17. The van der Waals surface area contributed by atoms with E-state index in [1.54, 1.807) is 0 Å². The van der Waals surface area contributed by atoms with E-state index >= 15 is 0 Å². The Hall–Kier alpha value is -3.51. The van der Waals surface area contributed by atoms with Gasteiger partial charge >= 0.3 is 0 Å². The number of hydrogen-bond acceptors (Lipinski definition) is 3. The number of nitrogens with zero attached hydrogens (tertiary/aromatic N) is 1. The number of halogens is 1. The Morgan fingerprint density at radius 1 is 0.909 bits per heavy atom. The van der Waals surface area contributed by atoms with Crippen LogP contribution in [0.4, 0.5) is 10.1 Å². The molecule has 0 bridgehead atoms. The average molecular weight is 446 g/mol. The van der Waals surface area contributed by atoms with Gasteiger partial charge in [0.15, 0.2) is 0 Å². The van der Waals surface area contributed by atoms with E-state index < -0.39 is 0 Å². The highest BCUT2D eigenvalue weighted by molar-refractivity contribution is 5.98. The second-order valence-corrected chi connectivity index (χ2v) is 8.37. The SMILES string of the molecule is CC(C(=O)Nc1ccccc1-c1ccccc1)N1CCC(NC(=O)c2ccc(F)cc2)CC1. The lowest BCUT2D eigenvalue weighted by atomic mass is 10.0. The van der Waals surface area contributed by atoms with Gasteiger partial charge in [-0.15, -0.1) is 0 Å². The van der Waals surface area contributed by atoms with Gasteiger partial charge in [0.2, 0.25) is 5.91 Å². The van der Waals surface area contributed by atoms with Gasteiger partial charge in [-0.25, -0.2) is 4.39 Å². The van der Waals surface area contributed by atoms with E-state index in [1.165, 1.54) is 24.3 Å². The van der Waals surface area contributed by atoms with Crippen LogP contribution in [0.1, 0.15) is 30.1 Å².